The van der Waals surface area contributed by atoms with Crippen molar-refractivity contribution in [2.24, 2.45) is 7.05 Å². The van der Waals surface area contributed by atoms with E-state index < -0.39 is 0 Å². The van der Waals surface area contributed by atoms with Crippen LogP contribution in [0.3, 0.4) is 0 Å². The molecule has 3 heterocycles. The molecule has 1 aliphatic heterocycles. The predicted molar refractivity (Wildman–Crippen MR) is 123 cm³/mol. The van der Waals surface area contributed by atoms with Crippen molar-refractivity contribution >= 4 is 17.5 Å². The van der Waals surface area contributed by atoms with Crippen LogP contribution in [0.1, 0.15) is 34.7 Å². The molecule has 1 N–H and O–H groups in total. The highest BCUT2D eigenvalue weighted by Gasteiger charge is 2.21. The highest BCUT2D eigenvalue weighted by molar-refractivity contribution is 6.04. The fourth-order valence-corrected chi connectivity index (χ4v) is 3.94. The van der Waals surface area contributed by atoms with Gasteiger partial charge < -0.3 is 19.7 Å². The van der Waals surface area contributed by atoms with Crippen LogP contribution in [0.4, 0.5) is 11.6 Å². The van der Waals surface area contributed by atoms with Crippen LogP contribution in [0, 0.1) is 13.8 Å². The summed E-state index contributed by atoms with van der Waals surface area (Å²) in [5, 5.41) is 7.49. The van der Waals surface area contributed by atoms with E-state index in [4.69, 9.17) is 9.47 Å². The van der Waals surface area contributed by atoms with Crippen molar-refractivity contribution in [2.75, 3.05) is 37.5 Å². The summed E-state index contributed by atoms with van der Waals surface area (Å²) in [5.41, 5.74) is 3.87. The van der Waals surface area contributed by atoms with Gasteiger partial charge in [-0.05, 0) is 51.0 Å². The summed E-state index contributed by atoms with van der Waals surface area (Å²) >= 11 is 0. The molecule has 0 saturated carbocycles. The smallest absolute Gasteiger partial charge is 0.274 e. The number of anilines is 2. The van der Waals surface area contributed by atoms with Gasteiger partial charge in [0, 0.05) is 25.7 Å². The zero-order valence-electron chi connectivity index (χ0n) is 19.1. The maximum Gasteiger partial charge on any atom is 0.274 e. The van der Waals surface area contributed by atoms with E-state index in [1.807, 2.05) is 32.0 Å². The molecule has 0 bridgehead atoms. The number of hydrogen-bond acceptors (Lipinski definition) is 7. The summed E-state index contributed by atoms with van der Waals surface area (Å²) in [7, 11) is 4.93. The van der Waals surface area contributed by atoms with Gasteiger partial charge in [0.1, 0.15) is 17.2 Å². The largest absolute Gasteiger partial charge is 0.497 e. The molecule has 9 nitrogen and oxygen atoms in total. The van der Waals surface area contributed by atoms with Crippen LogP contribution < -0.4 is 19.7 Å². The van der Waals surface area contributed by atoms with Crippen molar-refractivity contribution in [2.45, 2.75) is 26.7 Å². The molecule has 168 valence electrons. The van der Waals surface area contributed by atoms with Gasteiger partial charge in [-0.15, -0.1) is 0 Å². The minimum Gasteiger partial charge on any atom is -0.497 e. The van der Waals surface area contributed by atoms with E-state index in [2.05, 4.69) is 25.3 Å². The lowest BCUT2D eigenvalue weighted by Gasteiger charge is -2.18. The Bertz CT molecular complexity index is 1130. The van der Waals surface area contributed by atoms with E-state index >= 15 is 0 Å². The van der Waals surface area contributed by atoms with Crippen molar-refractivity contribution in [3.63, 3.8) is 0 Å². The average molecular weight is 437 g/mol. The van der Waals surface area contributed by atoms with Gasteiger partial charge in [-0.3, -0.25) is 9.48 Å². The molecule has 0 aliphatic carbocycles. The van der Waals surface area contributed by atoms with E-state index in [9.17, 15) is 4.79 Å². The van der Waals surface area contributed by atoms with Gasteiger partial charge in [0.2, 0.25) is 5.95 Å². The monoisotopic (exact) mass is 436 g/mol. The first-order valence-electron chi connectivity index (χ1n) is 10.6. The molecule has 0 atom stereocenters. The molecule has 1 aliphatic rings. The first-order chi connectivity index (χ1) is 15.4. The fraction of sp³-hybridized carbons (Fsp3) is 0.391. The number of methoxy groups -OCH3 is 2. The van der Waals surface area contributed by atoms with Crippen LogP contribution in [0.15, 0.2) is 24.3 Å². The zero-order valence-corrected chi connectivity index (χ0v) is 19.1. The SMILES string of the molecule is COc1ccc(OC)c(-c2cc(C(=O)Nc3c(C)nc(N4CCCC4)nc3C)n(C)n2)c1. The molecule has 4 rings (SSSR count). The minimum absolute atomic E-state index is 0.281. The van der Waals surface area contributed by atoms with Gasteiger partial charge in [0.25, 0.3) is 5.91 Å². The van der Waals surface area contributed by atoms with Gasteiger partial charge >= 0.3 is 0 Å². The van der Waals surface area contributed by atoms with Gasteiger partial charge in [0.05, 0.1) is 37.0 Å². The molecule has 1 amide bonds. The summed E-state index contributed by atoms with van der Waals surface area (Å²) in [6.45, 7) is 5.71. The molecule has 0 unspecified atom stereocenters. The molecule has 2 aromatic heterocycles. The molecule has 1 saturated heterocycles. The molecular formula is C23H28N6O3. The third-order valence-corrected chi connectivity index (χ3v) is 5.68. The molecule has 1 aromatic carbocycles. The first-order valence-corrected chi connectivity index (χ1v) is 10.6. The summed E-state index contributed by atoms with van der Waals surface area (Å²) in [4.78, 5) is 24.5. The Morgan fingerprint density at radius 3 is 2.34 bits per heavy atom. The molecule has 0 spiro atoms. The second kappa shape index (κ2) is 8.86. The minimum atomic E-state index is -0.281. The van der Waals surface area contributed by atoms with Crippen molar-refractivity contribution in [3.05, 3.63) is 41.3 Å². The van der Waals surface area contributed by atoms with Gasteiger partial charge in [-0.2, -0.15) is 5.10 Å². The number of aromatic nitrogens is 4. The maximum atomic E-state index is 13.1. The topological polar surface area (TPSA) is 94.4 Å². The highest BCUT2D eigenvalue weighted by Crippen LogP contribution is 2.33. The Hall–Kier alpha value is -3.62. The first kappa shape index (κ1) is 21.6. The van der Waals surface area contributed by atoms with Crippen LogP contribution in [0.2, 0.25) is 0 Å². The predicted octanol–water partition coefficient (Wildman–Crippen LogP) is 3.36. The van der Waals surface area contributed by atoms with E-state index in [1.54, 1.807) is 32.0 Å². The van der Waals surface area contributed by atoms with Gasteiger partial charge in [0.15, 0.2) is 0 Å². The second-order valence-electron chi connectivity index (χ2n) is 7.82. The summed E-state index contributed by atoms with van der Waals surface area (Å²) in [6.07, 6.45) is 2.31. The van der Waals surface area contributed by atoms with Crippen molar-refractivity contribution in [3.8, 4) is 22.8 Å². The van der Waals surface area contributed by atoms with Crippen molar-refractivity contribution in [1.29, 1.82) is 0 Å². The number of amides is 1. The Kier molecular flexibility index (Phi) is 5.98. The third kappa shape index (κ3) is 4.10. The number of benzene rings is 1. The fourth-order valence-electron chi connectivity index (χ4n) is 3.94. The van der Waals surface area contributed by atoms with Crippen LogP contribution in [0.25, 0.3) is 11.3 Å². The van der Waals surface area contributed by atoms with Crippen LogP contribution >= 0.6 is 0 Å². The quantitative estimate of drug-likeness (QED) is 0.633. The molecule has 32 heavy (non-hydrogen) atoms. The number of aryl methyl sites for hydroxylation is 3. The highest BCUT2D eigenvalue weighted by atomic mass is 16.5. The van der Waals surface area contributed by atoms with E-state index in [1.165, 1.54) is 0 Å². The van der Waals surface area contributed by atoms with E-state index in [0.29, 0.717) is 28.6 Å². The van der Waals surface area contributed by atoms with Gasteiger partial charge in [-0.25, -0.2) is 9.97 Å². The standard InChI is InChI=1S/C23H28N6O3/c1-14-21(15(2)25-23(24-14)29-10-6-7-11-29)26-22(30)19-13-18(27-28(19)3)17-12-16(31-4)8-9-20(17)32-5/h8-9,12-13H,6-7,10-11H2,1-5H3,(H,26,30). The van der Waals surface area contributed by atoms with Crippen LogP contribution in [-0.2, 0) is 7.05 Å². The number of nitrogens with zero attached hydrogens (tertiary/aromatic N) is 5. The normalized spacial score (nSPS) is 13.3. The maximum absolute atomic E-state index is 13.1. The number of ether oxygens (including phenoxy) is 2. The van der Waals surface area contributed by atoms with Crippen LogP contribution in [-0.4, -0.2) is 53.0 Å². The summed E-state index contributed by atoms with van der Waals surface area (Å²) in [6, 6.07) is 7.20. The lowest BCUT2D eigenvalue weighted by molar-refractivity contribution is 0.101. The molecule has 1 fully saturated rings. The molecule has 3 aromatic rings. The number of hydrogen-bond donors (Lipinski definition) is 1. The van der Waals surface area contributed by atoms with Crippen LogP contribution in [0.5, 0.6) is 11.5 Å². The number of rotatable bonds is 6. The Balaban J connectivity index is 1.61. The van der Waals surface area contributed by atoms with E-state index in [0.717, 1.165) is 48.8 Å². The van der Waals surface area contributed by atoms with Crippen molar-refractivity contribution in [1.82, 2.24) is 19.7 Å². The van der Waals surface area contributed by atoms with Gasteiger partial charge in [-0.1, -0.05) is 0 Å². The number of carbonyl (C=O) groups is 1. The average Bonchev–Trinajstić information content (AvgIpc) is 3.45. The lowest BCUT2D eigenvalue weighted by atomic mass is 10.1. The summed E-state index contributed by atoms with van der Waals surface area (Å²) < 4.78 is 12.3. The Morgan fingerprint density at radius 2 is 1.72 bits per heavy atom. The number of nitrogens with one attached hydrogen (secondary N) is 1. The Morgan fingerprint density at radius 1 is 1.03 bits per heavy atom. The second-order valence-corrected chi connectivity index (χ2v) is 7.82. The van der Waals surface area contributed by atoms with E-state index in [-0.39, 0.29) is 5.91 Å². The molecular weight excluding hydrogens is 408 g/mol. The number of carbonyl (C=O) groups excluding carboxylic acids is 1. The molecule has 9 heteroatoms. The summed E-state index contributed by atoms with van der Waals surface area (Å²) in [5.74, 6) is 1.77. The Labute approximate surface area is 187 Å². The van der Waals surface area contributed by atoms with Crippen molar-refractivity contribution < 1.29 is 14.3 Å². The molecule has 0 radical (unpaired) electrons. The zero-order chi connectivity index (χ0) is 22.8. The third-order valence-electron chi connectivity index (χ3n) is 5.68. The lowest BCUT2D eigenvalue weighted by Crippen LogP contribution is -2.23.